The first kappa shape index (κ1) is 8.70. The molecule has 13 heavy (non-hydrogen) atoms. The normalized spacial score (nSPS) is 18.5. The van der Waals surface area contributed by atoms with Crippen LogP contribution in [0.15, 0.2) is 24.5 Å². The first-order chi connectivity index (χ1) is 6.36. The van der Waals surface area contributed by atoms with Crippen molar-refractivity contribution in [3.05, 3.63) is 30.1 Å². The molecule has 1 unspecified atom stereocenters. The number of aryl methyl sites for hydroxylation is 1. The van der Waals surface area contributed by atoms with Gasteiger partial charge in [0.05, 0.1) is 0 Å². The maximum Gasteiger partial charge on any atom is 0.0299 e. The summed E-state index contributed by atoms with van der Waals surface area (Å²) in [7, 11) is 0. The quantitative estimate of drug-likeness (QED) is 0.759. The maximum atomic E-state index is 6.01. The Morgan fingerprint density at radius 2 is 2.38 bits per heavy atom. The largest absolute Gasteiger partial charge is 0.327 e. The summed E-state index contributed by atoms with van der Waals surface area (Å²) in [6.45, 7) is 0. The minimum atomic E-state index is 0.417. The van der Waals surface area contributed by atoms with Crippen LogP contribution in [0.2, 0.25) is 0 Å². The third-order valence-corrected chi connectivity index (χ3v) is 2.72. The van der Waals surface area contributed by atoms with Gasteiger partial charge in [0, 0.05) is 18.4 Å². The Kier molecular flexibility index (Phi) is 2.60. The van der Waals surface area contributed by atoms with Crippen molar-refractivity contribution >= 4 is 0 Å². The number of pyridine rings is 1. The standard InChI is InChI=1S/C11H16N2/c12-11(10-4-5-10)6-3-9-2-1-7-13-8-9/h1-2,7-8,10-11H,3-6,12H2. The molecule has 1 atom stereocenters. The van der Waals surface area contributed by atoms with Crippen LogP contribution in [-0.2, 0) is 6.42 Å². The van der Waals surface area contributed by atoms with Crippen molar-refractivity contribution in [1.82, 2.24) is 4.98 Å². The van der Waals surface area contributed by atoms with Crippen LogP contribution in [-0.4, -0.2) is 11.0 Å². The number of aromatic nitrogens is 1. The third kappa shape index (κ3) is 2.52. The van der Waals surface area contributed by atoms with Crippen LogP contribution in [0.1, 0.15) is 24.8 Å². The molecule has 0 saturated heterocycles. The highest BCUT2D eigenvalue weighted by Gasteiger charge is 2.27. The van der Waals surface area contributed by atoms with Gasteiger partial charge in [0.15, 0.2) is 0 Å². The van der Waals surface area contributed by atoms with Crippen LogP contribution in [0.3, 0.4) is 0 Å². The molecule has 2 rings (SSSR count). The van der Waals surface area contributed by atoms with E-state index in [1.165, 1.54) is 18.4 Å². The lowest BCUT2D eigenvalue weighted by Crippen LogP contribution is -2.22. The summed E-state index contributed by atoms with van der Waals surface area (Å²) in [5, 5.41) is 0. The number of rotatable bonds is 4. The van der Waals surface area contributed by atoms with Gasteiger partial charge in [-0.05, 0) is 43.2 Å². The average molecular weight is 176 g/mol. The number of hydrogen-bond donors (Lipinski definition) is 1. The van der Waals surface area contributed by atoms with Crippen molar-refractivity contribution in [2.45, 2.75) is 31.7 Å². The van der Waals surface area contributed by atoms with Crippen molar-refractivity contribution in [3.8, 4) is 0 Å². The third-order valence-electron chi connectivity index (χ3n) is 2.72. The summed E-state index contributed by atoms with van der Waals surface area (Å²) in [4.78, 5) is 4.08. The van der Waals surface area contributed by atoms with E-state index >= 15 is 0 Å². The minimum Gasteiger partial charge on any atom is -0.327 e. The molecule has 0 aromatic carbocycles. The number of nitrogens with two attached hydrogens (primary N) is 1. The number of nitrogens with zero attached hydrogens (tertiary/aromatic N) is 1. The molecule has 1 saturated carbocycles. The molecule has 1 aromatic rings. The Morgan fingerprint density at radius 1 is 1.54 bits per heavy atom. The van der Waals surface area contributed by atoms with E-state index in [4.69, 9.17) is 5.73 Å². The second-order valence-corrected chi connectivity index (χ2v) is 3.90. The van der Waals surface area contributed by atoms with Crippen molar-refractivity contribution in [1.29, 1.82) is 0 Å². The summed E-state index contributed by atoms with van der Waals surface area (Å²) in [6.07, 6.45) is 8.61. The molecule has 0 amide bonds. The molecule has 0 radical (unpaired) electrons. The van der Waals surface area contributed by atoms with E-state index < -0.39 is 0 Å². The zero-order valence-corrected chi connectivity index (χ0v) is 7.82. The Bertz CT molecular complexity index is 254. The van der Waals surface area contributed by atoms with Crippen LogP contribution in [0, 0.1) is 5.92 Å². The molecule has 0 spiro atoms. The van der Waals surface area contributed by atoms with Crippen LogP contribution >= 0.6 is 0 Å². The van der Waals surface area contributed by atoms with Crippen LogP contribution in [0.25, 0.3) is 0 Å². The van der Waals surface area contributed by atoms with E-state index in [1.54, 1.807) is 0 Å². The highest BCUT2D eigenvalue weighted by molar-refractivity contribution is 5.08. The lowest BCUT2D eigenvalue weighted by atomic mass is 10.0. The van der Waals surface area contributed by atoms with Gasteiger partial charge in [-0.25, -0.2) is 0 Å². The SMILES string of the molecule is NC(CCc1cccnc1)C1CC1. The predicted molar refractivity (Wildman–Crippen MR) is 53.3 cm³/mol. The molecule has 2 nitrogen and oxygen atoms in total. The fourth-order valence-corrected chi connectivity index (χ4v) is 1.64. The molecule has 1 aromatic heterocycles. The molecule has 2 heteroatoms. The second kappa shape index (κ2) is 3.88. The van der Waals surface area contributed by atoms with E-state index in [0.29, 0.717) is 6.04 Å². The van der Waals surface area contributed by atoms with Crippen LogP contribution in [0.4, 0.5) is 0 Å². The van der Waals surface area contributed by atoms with Gasteiger partial charge in [-0.1, -0.05) is 6.07 Å². The fourth-order valence-electron chi connectivity index (χ4n) is 1.64. The number of hydrogen-bond acceptors (Lipinski definition) is 2. The second-order valence-electron chi connectivity index (χ2n) is 3.90. The summed E-state index contributed by atoms with van der Waals surface area (Å²) >= 11 is 0. The summed E-state index contributed by atoms with van der Waals surface area (Å²) in [5.41, 5.74) is 7.31. The summed E-state index contributed by atoms with van der Waals surface area (Å²) in [6, 6.07) is 4.52. The van der Waals surface area contributed by atoms with E-state index in [-0.39, 0.29) is 0 Å². The molecule has 1 heterocycles. The van der Waals surface area contributed by atoms with Gasteiger partial charge in [-0.2, -0.15) is 0 Å². The van der Waals surface area contributed by atoms with Crippen molar-refractivity contribution in [3.63, 3.8) is 0 Å². The van der Waals surface area contributed by atoms with Crippen LogP contribution < -0.4 is 5.73 Å². The molecule has 70 valence electrons. The van der Waals surface area contributed by atoms with E-state index in [9.17, 15) is 0 Å². The zero-order valence-electron chi connectivity index (χ0n) is 7.82. The van der Waals surface area contributed by atoms with Crippen LogP contribution in [0.5, 0.6) is 0 Å². The molecule has 1 aliphatic carbocycles. The first-order valence-electron chi connectivity index (χ1n) is 5.01. The molecule has 1 fully saturated rings. The van der Waals surface area contributed by atoms with Gasteiger partial charge in [0.1, 0.15) is 0 Å². The lowest BCUT2D eigenvalue weighted by molar-refractivity contribution is 0.550. The predicted octanol–water partition coefficient (Wildman–Crippen LogP) is 1.75. The Morgan fingerprint density at radius 3 is 3.00 bits per heavy atom. The van der Waals surface area contributed by atoms with Gasteiger partial charge in [-0.15, -0.1) is 0 Å². The molecule has 0 aliphatic heterocycles. The zero-order chi connectivity index (χ0) is 9.10. The average Bonchev–Trinajstić information content (AvgIpc) is 2.99. The Hall–Kier alpha value is -0.890. The summed E-state index contributed by atoms with van der Waals surface area (Å²) in [5.74, 6) is 0.816. The van der Waals surface area contributed by atoms with E-state index in [2.05, 4.69) is 11.1 Å². The Balaban J connectivity index is 1.78. The summed E-state index contributed by atoms with van der Waals surface area (Å²) < 4.78 is 0. The fraction of sp³-hybridized carbons (Fsp3) is 0.545. The topological polar surface area (TPSA) is 38.9 Å². The maximum absolute atomic E-state index is 6.01. The lowest BCUT2D eigenvalue weighted by Gasteiger charge is -2.08. The monoisotopic (exact) mass is 176 g/mol. The first-order valence-corrected chi connectivity index (χ1v) is 5.01. The van der Waals surface area contributed by atoms with Gasteiger partial charge < -0.3 is 5.73 Å². The van der Waals surface area contributed by atoms with Gasteiger partial charge in [0.25, 0.3) is 0 Å². The molecule has 0 bridgehead atoms. The highest BCUT2D eigenvalue weighted by Crippen LogP contribution is 2.33. The Labute approximate surface area is 79.2 Å². The van der Waals surface area contributed by atoms with Gasteiger partial charge in [0.2, 0.25) is 0 Å². The molecule has 1 aliphatic rings. The van der Waals surface area contributed by atoms with Crippen molar-refractivity contribution in [2.75, 3.05) is 0 Å². The van der Waals surface area contributed by atoms with Gasteiger partial charge >= 0.3 is 0 Å². The molecule has 2 N–H and O–H groups in total. The molecular weight excluding hydrogens is 160 g/mol. The van der Waals surface area contributed by atoms with Crippen molar-refractivity contribution < 1.29 is 0 Å². The van der Waals surface area contributed by atoms with E-state index in [0.717, 1.165) is 18.8 Å². The smallest absolute Gasteiger partial charge is 0.0299 e. The van der Waals surface area contributed by atoms with Crippen molar-refractivity contribution in [2.24, 2.45) is 11.7 Å². The minimum absolute atomic E-state index is 0.417. The van der Waals surface area contributed by atoms with Gasteiger partial charge in [-0.3, -0.25) is 4.98 Å². The molecular formula is C11H16N2. The van der Waals surface area contributed by atoms with E-state index in [1.807, 2.05) is 18.5 Å². The highest BCUT2D eigenvalue weighted by atomic mass is 14.7.